The fourth-order valence-electron chi connectivity index (χ4n) is 4.45. The van der Waals surface area contributed by atoms with Crippen molar-refractivity contribution in [1.29, 1.82) is 5.26 Å². The molecule has 0 radical (unpaired) electrons. The number of aliphatic imine (C=N–C) groups is 1. The summed E-state index contributed by atoms with van der Waals surface area (Å²) in [6.07, 6.45) is 4.11. The minimum atomic E-state index is -0.548. The predicted molar refractivity (Wildman–Crippen MR) is 91.3 cm³/mol. The van der Waals surface area contributed by atoms with Crippen LogP contribution in [-0.2, 0) is 15.1 Å². The van der Waals surface area contributed by atoms with Gasteiger partial charge in [0, 0.05) is 29.0 Å². The predicted octanol–water partition coefficient (Wildman–Crippen LogP) is 4.39. The number of hydrogen-bond acceptors (Lipinski definition) is 4. The number of allylic oxidation sites excluding steroid dienone is 1. The molecule has 3 unspecified atom stereocenters. The van der Waals surface area contributed by atoms with Crippen molar-refractivity contribution in [3.63, 3.8) is 0 Å². The molecule has 1 aromatic rings. The van der Waals surface area contributed by atoms with Gasteiger partial charge in [-0.2, -0.15) is 5.26 Å². The van der Waals surface area contributed by atoms with E-state index in [1.807, 2.05) is 6.07 Å². The van der Waals surface area contributed by atoms with Crippen LogP contribution in [-0.4, -0.2) is 12.8 Å². The Kier molecular flexibility index (Phi) is 3.69. The maximum atomic E-state index is 9.22. The molecule has 4 nitrogen and oxygen atoms in total. The summed E-state index contributed by atoms with van der Waals surface area (Å²) in [6.45, 7) is 2.19. The second-order valence-electron chi connectivity index (χ2n) is 6.73. The second kappa shape index (κ2) is 5.75. The van der Waals surface area contributed by atoms with E-state index >= 15 is 0 Å². The lowest BCUT2D eigenvalue weighted by atomic mass is 9.69. The van der Waals surface area contributed by atoms with Crippen molar-refractivity contribution in [3.05, 3.63) is 46.7 Å². The lowest BCUT2D eigenvalue weighted by molar-refractivity contribution is 0.00972. The van der Waals surface area contributed by atoms with E-state index in [-0.39, 0.29) is 12.1 Å². The van der Waals surface area contributed by atoms with Crippen LogP contribution in [0.2, 0.25) is 0 Å². The number of fused-ring (bicyclic) bond motifs is 3. The van der Waals surface area contributed by atoms with Gasteiger partial charge in [0.25, 0.3) is 0 Å². The zero-order valence-corrected chi connectivity index (χ0v) is 14.2. The molecule has 1 aliphatic carbocycles. The Morgan fingerprint density at radius 3 is 3.00 bits per heavy atom. The molecule has 2 aliphatic heterocycles. The first-order valence-corrected chi connectivity index (χ1v) is 8.75. The molecule has 1 spiro atoms. The van der Waals surface area contributed by atoms with E-state index < -0.39 is 5.60 Å². The van der Waals surface area contributed by atoms with Crippen molar-refractivity contribution in [1.82, 2.24) is 0 Å². The van der Waals surface area contributed by atoms with Crippen molar-refractivity contribution in [2.75, 3.05) is 7.11 Å². The number of rotatable bonds is 5. The largest absolute Gasteiger partial charge is 0.501 e. The number of unbranched alkanes of at least 4 members (excludes halogenated alkanes) is 1. The van der Waals surface area contributed by atoms with E-state index in [4.69, 9.17) is 14.5 Å². The van der Waals surface area contributed by atoms with Gasteiger partial charge >= 0.3 is 0 Å². The van der Waals surface area contributed by atoms with Gasteiger partial charge in [-0.05, 0) is 19.3 Å². The number of nitriles is 1. The topological polar surface area (TPSA) is 54.6 Å². The van der Waals surface area contributed by atoms with Crippen LogP contribution in [0.15, 0.2) is 40.6 Å². The zero-order chi connectivity index (χ0) is 16.7. The molecule has 0 fully saturated rings. The van der Waals surface area contributed by atoms with Crippen LogP contribution in [0, 0.1) is 17.2 Å². The molecule has 2 heterocycles. The van der Waals surface area contributed by atoms with Gasteiger partial charge in [0.1, 0.15) is 5.76 Å². The van der Waals surface area contributed by atoms with E-state index in [0.29, 0.717) is 6.42 Å². The summed E-state index contributed by atoms with van der Waals surface area (Å²) in [5.74, 6) is 1.03. The van der Waals surface area contributed by atoms with Crippen LogP contribution in [0.5, 0.6) is 0 Å². The van der Waals surface area contributed by atoms with Crippen molar-refractivity contribution in [3.8, 4) is 6.07 Å². The Labute approximate surface area is 142 Å². The number of ether oxygens (including phenoxy) is 2. The molecule has 0 saturated heterocycles. The average molecular weight is 322 g/mol. The molecule has 24 heavy (non-hydrogen) atoms. The molecule has 4 rings (SSSR count). The molecule has 0 amide bonds. The highest BCUT2D eigenvalue weighted by Crippen LogP contribution is 2.59. The summed E-state index contributed by atoms with van der Waals surface area (Å²) in [7, 11) is 1.72. The number of hydrogen-bond donors (Lipinski definition) is 0. The van der Waals surface area contributed by atoms with Gasteiger partial charge in [-0.1, -0.05) is 37.6 Å². The second-order valence-corrected chi connectivity index (χ2v) is 6.73. The Morgan fingerprint density at radius 2 is 2.25 bits per heavy atom. The van der Waals surface area contributed by atoms with Crippen LogP contribution in [0.3, 0.4) is 0 Å². The Morgan fingerprint density at radius 1 is 1.42 bits per heavy atom. The summed E-state index contributed by atoms with van der Waals surface area (Å²) in [6, 6.07) is 10.7. The molecule has 4 heteroatoms. The third-order valence-corrected chi connectivity index (χ3v) is 5.44. The first-order valence-electron chi connectivity index (χ1n) is 8.75. The van der Waals surface area contributed by atoms with Crippen molar-refractivity contribution < 1.29 is 9.47 Å². The Bertz CT molecular complexity index is 774. The molecule has 3 atom stereocenters. The minimum absolute atomic E-state index is 0.0892. The Hall–Kier alpha value is -2.12. The van der Waals surface area contributed by atoms with Gasteiger partial charge < -0.3 is 9.47 Å². The van der Waals surface area contributed by atoms with Crippen LogP contribution in [0.25, 0.3) is 0 Å². The van der Waals surface area contributed by atoms with Crippen molar-refractivity contribution >= 4 is 5.71 Å². The first kappa shape index (κ1) is 15.4. The molecule has 124 valence electrons. The highest BCUT2D eigenvalue weighted by atomic mass is 16.5. The third-order valence-electron chi connectivity index (χ3n) is 5.44. The molecule has 0 saturated carbocycles. The third kappa shape index (κ3) is 1.91. The molecular weight excluding hydrogens is 300 g/mol. The standard InChI is InChI=1S/C20H22N2O2/c1-3-4-8-16-18(23-2)13(10-11-21)12-17-20(16)15-9-6-5-7-14(15)19(22-17)24-20/h5-7,9,13,19H,3-4,8,10,12H2,1-2H3. The number of benzene rings is 1. The fourth-order valence-corrected chi connectivity index (χ4v) is 4.45. The molecule has 0 aromatic heterocycles. The molecule has 2 bridgehead atoms. The summed E-state index contributed by atoms with van der Waals surface area (Å²) in [5.41, 5.74) is 4.11. The highest BCUT2D eigenvalue weighted by Gasteiger charge is 2.59. The van der Waals surface area contributed by atoms with Crippen LogP contribution >= 0.6 is 0 Å². The first-order chi connectivity index (χ1) is 11.8. The summed E-state index contributed by atoms with van der Waals surface area (Å²) >= 11 is 0. The summed E-state index contributed by atoms with van der Waals surface area (Å²) in [4.78, 5) is 4.87. The maximum Gasteiger partial charge on any atom is 0.176 e. The quantitative estimate of drug-likeness (QED) is 0.808. The SMILES string of the molecule is CCCCC1=C(OC)C(CC#N)CC2=NC3OC21c1ccccc13. The van der Waals surface area contributed by atoms with Gasteiger partial charge in [-0.3, -0.25) is 4.99 Å². The average Bonchev–Trinajstić information content (AvgIpc) is 3.14. The molecular formula is C20H22N2O2. The lowest BCUT2D eigenvalue weighted by Crippen LogP contribution is -2.42. The van der Waals surface area contributed by atoms with Crippen molar-refractivity contribution in [2.24, 2.45) is 10.9 Å². The van der Waals surface area contributed by atoms with E-state index in [9.17, 15) is 5.26 Å². The summed E-state index contributed by atoms with van der Waals surface area (Å²) < 4.78 is 12.3. The Balaban J connectivity index is 1.91. The molecule has 1 aromatic carbocycles. The fraction of sp³-hybridized carbons (Fsp3) is 0.500. The van der Waals surface area contributed by atoms with Gasteiger partial charge in [0.2, 0.25) is 0 Å². The van der Waals surface area contributed by atoms with Gasteiger partial charge in [0.15, 0.2) is 11.8 Å². The van der Waals surface area contributed by atoms with E-state index in [0.717, 1.165) is 37.2 Å². The number of nitrogens with zero attached hydrogens (tertiary/aromatic N) is 2. The maximum absolute atomic E-state index is 9.22. The smallest absolute Gasteiger partial charge is 0.176 e. The van der Waals surface area contributed by atoms with Crippen LogP contribution in [0.1, 0.15) is 56.4 Å². The lowest BCUT2D eigenvalue weighted by Gasteiger charge is -2.39. The summed E-state index contributed by atoms with van der Waals surface area (Å²) in [5, 5.41) is 9.22. The monoisotopic (exact) mass is 322 g/mol. The van der Waals surface area contributed by atoms with E-state index in [1.165, 1.54) is 16.7 Å². The van der Waals surface area contributed by atoms with Gasteiger partial charge in [0.05, 0.1) is 18.9 Å². The molecule has 3 aliphatic rings. The highest BCUT2D eigenvalue weighted by molar-refractivity contribution is 6.01. The van der Waals surface area contributed by atoms with Gasteiger partial charge in [-0.25, -0.2) is 0 Å². The van der Waals surface area contributed by atoms with E-state index in [1.54, 1.807) is 7.11 Å². The minimum Gasteiger partial charge on any atom is -0.501 e. The van der Waals surface area contributed by atoms with Crippen LogP contribution in [0.4, 0.5) is 0 Å². The van der Waals surface area contributed by atoms with Crippen LogP contribution < -0.4 is 0 Å². The van der Waals surface area contributed by atoms with Crippen molar-refractivity contribution in [2.45, 2.75) is 50.9 Å². The number of methoxy groups -OCH3 is 1. The zero-order valence-electron chi connectivity index (χ0n) is 14.2. The van der Waals surface area contributed by atoms with E-state index in [2.05, 4.69) is 31.2 Å². The normalized spacial score (nSPS) is 29.8. The molecule has 0 N–H and O–H groups in total. The van der Waals surface area contributed by atoms with Gasteiger partial charge in [-0.15, -0.1) is 0 Å².